The number of benzene rings is 4. The smallest absolute Gasteiger partial charge is 0.0787 e. The van der Waals surface area contributed by atoms with Crippen LogP contribution in [0.25, 0.3) is 53.0 Å². The van der Waals surface area contributed by atoms with Crippen molar-refractivity contribution >= 4 is 53.2 Å². The molecule has 0 atom stereocenters. The summed E-state index contributed by atoms with van der Waals surface area (Å²) in [5.41, 5.74) is 3.63. The lowest BCUT2D eigenvalue weighted by atomic mass is 9.94. The molecule has 25 heavy (non-hydrogen) atoms. The van der Waals surface area contributed by atoms with E-state index in [0.29, 0.717) is 0 Å². The van der Waals surface area contributed by atoms with Gasteiger partial charge in [0.1, 0.15) is 0 Å². The van der Waals surface area contributed by atoms with E-state index in [1.807, 2.05) is 23.6 Å². The monoisotopic (exact) mass is 335 g/mol. The highest BCUT2D eigenvalue weighted by atomic mass is 32.1. The zero-order valence-electron chi connectivity index (χ0n) is 13.4. The van der Waals surface area contributed by atoms with Crippen LogP contribution >= 0.6 is 11.3 Å². The number of nitrogens with zero attached hydrogens (tertiary/aromatic N) is 1. The second kappa shape index (κ2) is 4.78. The predicted octanol–water partition coefficient (Wildman–Crippen LogP) is 6.86. The van der Waals surface area contributed by atoms with Crippen molar-refractivity contribution in [3.63, 3.8) is 0 Å². The fourth-order valence-electron chi connectivity index (χ4n) is 3.99. The molecule has 0 saturated heterocycles. The van der Waals surface area contributed by atoms with Crippen molar-refractivity contribution in [3.05, 3.63) is 79.0 Å². The first-order valence-corrected chi connectivity index (χ1v) is 9.22. The van der Waals surface area contributed by atoms with E-state index in [0.717, 1.165) is 5.52 Å². The summed E-state index contributed by atoms with van der Waals surface area (Å²) < 4.78 is 2.70. The van der Waals surface area contributed by atoms with E-state index in [1.54, 1.807) is 0 Å². The Labute approximate surface area is 148 Å². The second-order valence-electron chi connectivity index (χ2n) is 6.44. The van der Waals surface area contributed by atoms with Gasteiger partial charge in [0.2, 0.25) is 0 Å². The Hall–Kier alpha value is -2.97. The molecule has 0 saturated carbocycles. The van der Waals surface area contributed by atoms with Gasteiger partial charge < -0.3 is 0 Å². The van der Waals surface area contributed by atoms with Gasteiger partial charge in [-0.05, 0) is 40.8 Å². The zero-order chi connectivity index (χ0) is 16.4. The van der Waals surface area contributed by atoms with Crippen LogP contribution in [-0.2, 0) is 0 Å². The van der Waals surface area contributed by atoms with Crippen molar-refractivity contribution in [1.82, 2.24) is 4.98 Å². The third kappa shape index (κ3) is 1.75. The molecule has 116 valence electrons. The fourth-order valence-corrected chi connectivity index (χ4v) is 5.19. The molecule has 2 heterocycles. The second-order valence-corrected chi connectivity index (χ2v) is 7.53. The van der Waals surface area contributed by atoms with E-state index < -0.39 is 0 Å². The minimum Gasteiger partial charge on any atom is -0.256 e. The van der Waals surface area contributed by atoms with Gasteiger partial charge in [0.05, 0.1) is 5.52 Å². The third-order valence-electron chi connectivity index (χ3n) is 5.06. The van der Waals surface area contributed by atoms with E-state index in [1.165, 1.54) is 47.5 Å². The highest BCUT2D eigenvalue weighted by molar-refractivity contribution is 7.26. The van der Waals surface area contributed by atoms with Crippen molar-refractivity contribution in [2.75, 3.05) is 0 Å². The molecule has 0 bridgehead atoms. The van der Waals surface area contributed by atoms with E-state index in [4.69, 9.17) is 4.98 Å². The Morgan fingerprint density at radius 2 is 1.44 bits per heavy atom. The SMILES string of the molecule is c1ccc(-c2cc3sc4cccc5c6ncccc6c(c2)c3c45)cc1. The molecule has 0 amide bonds. The average Bonchev–Trinajstić information content (AvgIpc) is 3.06. The molecule has 6 rings (SSSR count). The molecular weight excluding hydrogens is 322 g/mol. The van der Waals surface area contributed by atoms with Gasteiger partial charge in [-0.25, -0.2) is 0 Å². The Kier molecular flexibility index (Phi) is 2.55. The first-order chi connectivity index (χ1) is 12.4. The summed E-state index contributed by atoms with van der Waals surface area (Å²) in [7, 11) is 0. The van der Waals surface area contributed by atoms with Crippen LogP contribution in [0.5, 0.6) is 0 Å². The van der Waals surface area contributed by atoms with Crippen LogP contribution in [0.2, 0.25) is 0 Å². The molecule has 0 spiro atoms. The first-order valence-electron chi connectivity index (χ1n) is 8.40. The summed E-state index contributed by atoms with van der Waals surface area (Å²) in [5.74, 6) is 0. The Bertz CT molecular complexity index is 1380. The predicted molar refractivity (Wildman–Crippen MR) is 109 cm³/mol. The lowest BCUT2D eigenvalue weighted by molar-refractivity contribution is 1.43. The standard InChI is InChI=1S/C23H13NS/c1-2-6-14(7-3-1)15-12-18-16-9-5-11-24-23(16)17-8-4-10-19-21(17)22(18)20(13-15)25-19/h1-13H. The number of hydrogen-bond acceptors (Lipinski definition) is 2. The minimum absolute atomic E-state index is 1.10. The number of aromatic nitrogens is 1. The van der Waals surface area contributed by atoms with Crippen LogP contribution in [0, 0.1) is 0 Å². The molecule has 0 aliphatic rings. The minimum atomic E-state index is 1.10. The maximum absolute atomic E-state index is 4.72. The topological polar surface area (TPSA) is 12.9 Å². The van der Waals surface area contributed by atoms with Gasteiger partial charge in [-0.2, -0.15) is 0 Å². The average molecular weight is 335 g/mol. The van der Waals surface area contributed by atoms with Crippen LogP contribution in [0.1, 0.15) is 0 Å². The molecule has 4 aromatic carbocycles. The van der Waals surface area contributed by atoms with Gasteiger partial charge >= 0.3 is 0 Å². The number of pyridine rings is 1. The molecule has 1 nitrogen and oxygen atoms in total. The summed E-state index contributed by atoms with van der Waals surface area (Å²) in [6.45, 7) is 0. The Balaban J connectivity index is 1.91. The zero-order valence-corrected chi connectivity index (χ0v) is 14.2. The number of thiophene rings is 1. The van der Waals surface area contributed by atoms with Crippen LogP contribution < -0.4 is 0 Å². The number of fused-ring (bicyclic) bond motifs is 3. The molecule has 0 unspecified atom stereocenters. The maximum Gasteiger partial charge on any atom is 0.0787 e. The molecule has 0 aliphatic carbocycles. The highest BCUT2D eigenvalue weighted by Gasteiger charge is 2.17. The van der Waals surface area contributed by atoms with Crippen LogP contribution in [0.4, 0.5) is 0 Å². The third-order valence-corrected chi connectivity index (χ3v) is 6.16. The van der Waals surface area contributed by atoms with Gasteiger partial charge in [-0.3, -0.25) is 4.98 Å². The summed E-state index contributed by atoms with van der Waals surface area (Å²) in [5, 5.41) is 6.56. The molecule has 6 aromatic rings. The molecular formula is C23H13NS. The molecule has 2 aromatic heterocycles. The molecule has 0 fully saturated rings. The maximum atomic E-state index is 4.72. The number of rotatable bonds is 1. The van der Waals surface area contributed by atoms with Gasteiger partial charge in [-0.15, -0.1) is 11.3 Å². The van der Waals surface area contributed by atoms with Crippen LogP contribution in [0.3, 0.4) is 0 Å². The Morgan fingerprint density at radius 1 is 0.600 bits per heavy atom. The van der Waals surface area contributed by atoms with E-state index >= 15 is 0 Å². The Morgan fingerprint density at radius 3 is 2.36 bits per heavy atom. The largest absolute Gasteiger partial charge is 0.256 e. The van der Waals surface area contributed by atoms with Crippen molar-refractivity contribution in [1.29, 1.82) is 0 Å². The lowest BCUT2D eigenvalue weighted by Gasteiger charge is -2.10. The van der Waals surface area contributed by atoms with E-state index in [-0.39, 0.29) is 0 Å². The quantitative estimate of drug-likeness (QED) is 0.299. The van der Waals surface area contributed by atoms with Gasteiger partial charge in [0.15, 0.2) is 0 Å². The van der Waals surface area contributed by atoms with Gasteiger partial charge in [-0.1, -0.05) is 48.5 Å². The summed E-state index contributed by atoms with van der Waals surface area (Å²) in [6.07, 6.45) is 1.90. The van der Waals surface area contributed by atoms with Crippen molar-refractivity contribution in [2.45, 2.75) is 0 Å². The van der Waals surface area contributed by atoms with Crippen molar-refractivity contribution in [2.24, 2.45) is 0 Å². The van der Waals surface area contributed by atoms with Gasteiger partial charge in [0, 0.05) is 37.1 Å². The highest BCUT2D eigenvalue weighted by Crippen LogP contribution is 2.45. The van der Waals surface area contributed by atoms with Crippen molar-refractivity contribution < 1.29 is 0 Å². The van der Waals surface area contributed by atoms with Crippen LogP contribution in [0.15, 0.2) is 79.0 Å². The summed E-state index contributed by atoms with van der Waals surface area (Å²) in [6, 6.07) is 26.1. The van der Waals surface area contributed by atoms with E-state index in [9.17, 15) is 0 Å². The van der Waals surface area contributed by atoms with Gasteiger partial charge in [0.25, 0.3) is 0 Å². The first kappa shape index (κ1) is 13.3. The molecule has 2 heteroatoms. The fraction of sp³-hybridized carbons (Fsp3) is 0. The number of hydrogen-bond donors (Lipinski definition) is 0. The molecule has 0 aliphatic heterocycles. The molecule has 0 N–H and O–H groups in total. The lowest BCUT2D eigenvalue weighted by Crippen LogP contribution is -1.85. The van der Waals surface area contributed by atoms with Crippen LogP contribution in [-0.4, -0.2) is 4.98 Å². The van der Waals surface area contributed by atoms with E-state index in [2.05, 4.69) is 66.7 Å². The molecule has 0 radical (unpaired) electrons. The van der Waals surface area contributed by atoms with Crippen molar-refractivity contribution in [3.8, 4) is 11.1 Å². The normalized spacial score (nSPS) is 12.0. The summed E-state index contributed by atoms with van der Waals surface area (Å²) >= 11 is 1.88. The summed E-state index contributed by atoms with van der Waals surface area (Å²) in [4.78, 5) is 4.72.